The topological polar surface area (TPSA) is 69.4 Å². The second kappa shape index (κ2) is 4.81. The highest BCUT2D eigenvalue weighted by atomic mass is 19.4. The minimum absolute atomic E-state index is 0.181. The molecule has 0 N–H and O–H groups in total. The summed E-state index contributed by atoms with van der Waals surface area (Å²) >= 11 is 0. The number of nitrogens with zero attached hydrogens (tertiary/aromatic N) is 1. The molecule has 0 spiro atoms. The van der Waals surface area contributed by atoms with Crippen molar-refractivity contribution in [3.05, 3.63) is 33.9 Å². The van der Waals surface area contributed by atoms with Crippen LogP contribution in [0.3, 0.4) is 0 Å². The van der Waals surface area contributed by atoms with E-state index in [9.17, 15) is 28.1 Å². The summed E-state index contributed by atoms with van der Waals surface area (Å²) in [4.78, 5) is 20.1. The van der Waals surface area contributed by atoms with Gasteiger partial charge < -0.3 is 4.74 Å². The Hall–Kier alpha value is -2.12. The van der Waals surface area contributed by atoms with E-state index in [1.807, 2.05) is 0 Å². The molecule has 92 valence electrons. The maximum atomic E-state index is 11.9. The number of alkyl halides is 3. The Morgan fingerprint density at radius 1 is 1.41 bits per heavy atom. The van der Waals surface area contributed by atoms with E-state index < -0.39 is 29.1 Å². The zero-order chi connectivity index (χ0) is 13.1. The van der Waals surface area contributed by atoms with Crippen molar-refractivity contribution in [1.82, 2.24) is 0 Å². The summed E-state index contributed by atoms with van der Waals surface area (Å²) in [5.41, 5.74) is -0.632. The summed E-state index contributed by atoms with van der Waals surface area (Å²) in [7, 11) is 0. The molecule has 0 aromatic heterocycles. The van der Waals surface area contributed by atoms with Crippen LogP contribution < -0.4 is 4.74 Å². The van der Waals surface area contributed by atoms with Gasteiger partial charge in [0.1, 0.15) is 5.75 Å². The first-order valence-electron chi connectivity index (χ1n) is 4.26. The molecule has 0 unspecified atom stereocenters. The van der Waals surface area contributed by atoms with E-state index in [1.165, 1.54) is 0 Å². The van der Waals surface area contributed by atoms with Gasteiger partial charge in [-0.2, -0.15) is 13.2 Å². The number of ether oxygens (including phenoxy) is 1. The summed E-state index contributed by atoms with van der Waals surface area (Å²) < 4.78 is 40.0. The van der Waals surface area contributed by atoms with Gasteiger partial charge in [-0.15, -0.1) is 0 Å². The molecule has 0 saturated carbocycles. The first kappa shape index (κ1) is 12.9. The number of carbonyl (C=O) groups excluding carboxylic acids is 1. The maximum absolute atomic E-state index is 11.9. The fourth-order valence-corrected chi connectivity index (χ4v) is 1.02. The molecule has 0 radical (unpaired) electrons. The molecule has 5 nitrogen and oxygen atoms in total. The van der Waals surface area contributed by atoms with Crippen molar-refractivity contribution >= 4 is 12.0 Å². The molecular formula is C9H6F3NO4. The number of halogens is 3. The van der Waals surface area contributed by atoms with Gasteiger partial charge in [-0.3, -0.25) is 14.9 Å². The van der Waals surface area contributed by atoms with Gasteiger partial charge in [0.2, 0.25) is 0 Å². The Kier molecular flexibility index (Phi) is 3.66. The highest BCUT2D eigenvalue weighted by molar-refractivity contribution is 5.80. The standard InChI is InChI=1S/C9H6F3NO4/c10-9(11,12)5-17-8-3-7(13(15)16)2-1-6(8)4-14/h1-4H,5H2. The number of carbonyl (C=O) groups is 1. The van der Waals surface area contributed by atoms with Crippen molar-refractivity contribution < 1.29 is 27.6 Å². The SMILES string of the molecule is O=Cc1ccc([N+](=O)[O-])cc1OCC(F)(F)F. The van der Waals surface area contributed by atoms with Crippen LogP contribution in [0.5, 0.6) is 5.75 Å². The van der Waals surface area contributed by atoms with Crippen LogP contribution in [0, 0.1) is 10.1 Å². The Labute approximate surface area is 93.0 Å². The lowest BCUT2D eigenvalue weighted by Crippen LogP contribution is -2.19. The fourth-order valence-electron chi connectivity index (χ4n) is 1.02. The molecule has 17 heavy (non-hydrogen) atoms. The van der Waals surface area contributed by atoms with Crippen LogP contribution in [0.25, 0.3) is 0 Å². The lowest BCUT2D eigenvalue weighted by atomic mass is 10.2. The molecule has 0 saturated heterocycles. The van der Waals surface area contributed by atoms with E-state index in [4.69, 9.17) is 0 Å². The van der Waals surface area contributed by atoms with Crippen molar-refractivity contribution in [2.24, 2.45) is 0 Å². The molecule has 1 rings (SSSR count). The fraction of sp³-hybridized carbons (Fsp3) is 0.222. The summed E-state index contributed by atoms with van der Waals surface area (Å²) in [6.45, 7) is -1.62. The van der Waals surface area contributed by atoms with E-state index in [1.54, 1.807) is 0 Å². The highest BCUT2D eigenvalue weighted by Crippen LogP contribution is 2.25. The smallest absolute Gasteiger partial charge is 0.422 e. The minimum Gasteiger partial charge on any atom is -0.483 e. The molecule has 0 aliphatic rings. The third-order valence-corrected chi connectivity index (χ3v) is 1.73. The lowest BCUT2D eigenvalue weighted by Gasteiger charge is -2.10. The van der Waals surface area contributed by atoms with Crippen molar-refractivity contribution in [3.8, 4) is 5.75 Å². The van der Waals surface area contributed by atoms with Gasteiger partial charge in [0, 0.05) is 6.07 Å². The van der Waals surface area contributed by atoms with Gasteiger partial charge in [0.05, 0.1) is 16.6 Å². The van der Waals surface area contributed by atoms with Crippen LogP contribution in [0.1, 0.15) is 10.4 Å². The van der Waals surface area contributed by atoms with Crippen LogP contribution in [0.4, 0.5) is 18.9 Å². The number of nitro benzene ring substituents is 1. The van der Waals surface area contributed by atoms with E-state index >= 15 is 0 Å². The number of hydrogen-bond acceptors (Lipinski definition) is 4. The number of benzene rings is 1. The summed E-state index contributed by atoms with van der Waals surface area (Å²) in [5, 5.41) is 10.4. The zero-order valence-corrected chi connectivity index (χ0v) is 8.23. The first-order chi connectivity index (χ1) is 7.83. The molecule has 1 aromatic carbocycles. The normalized spacial score (nSPS) is 11.0. The van der Waals surface area contributed by atoms with Crippen LogP contribution in [0.2, 0.25) is 0 Å². The van der Waals surface area contributed by atoms with Gasteiger partial charge in [0.25, 0.3) is 5.69 Å². The van der Waals surface area contributed by atoms with E-state index in [2.05, 4.69) is 4.74 Å². The lowest BCUT2D eigenvalue weighted by molar-refractivity contribution is -0.385. The molecule has 0 heterocycles. The van der Waals surface area contributed by atoms with Crippen LogP contribution in [-0.2, 0) is 0 Å². The van der Waals surface area contributed by atoms with E-state index in [0.29, 0.717) is 0 Å². The first-order valence-corrected chi connectivity index (χ1v) is 4.26. The van der Waals surface area contributed by atoms with Crippen molar-refractivity contribution in [2.45, 2.75) is 6.18 Å². The predicted molar refractivity (Wildman–Crippen MR) is 50.0 cm³/mol. The molecule has 0 atom stereocenters. The molecule has 0 fully saturated rings. The minimum atomic E-state index is -4.58. The molecule has 1 aromatic rings. The number of aldehydes is 1. The predicted octanol–water partition coefficient (Wildman–Crippen LogP) is 2.35. The number of hydrogen-bond donors (Lipinski definition) is 0. The summed E-state index contributed by atoms with van der Waals surface area (Å²) in [5.74, 6) is -0.466. The van der Waals surface area contributed by atoms with Gasteiger partial charge in [-0.1, -0.05) is 0 Å². The van der Waals surface area contributed by atoms with Gasteiger partial charge in [-0.05, 0) is 6.07 Å². The largest absolute Gasteiger partial charge is 0.483 e. The summed E-state index contributed by atoms with van der Waals surface area (Å²) in [6.07, 6.45) is -4.32. The molecule has 0 aliphatic heterocycles. The maximum Gasteiger partial charge on any atom is 0.422 e. The second-order valence-electron chi connectivity index (χ2n) is 3.00. The number of non-ortho nitro benzene ring substituents is 1. The summed E-state index contributed by atoms with van der Waals surface area (Å²) in [6, 6.07) is 2.80. The Morgan fingerprint density at radius 2 is 2.06 bits per heavy atom. The van der Waals surface area contributed by atoms with Gasteiger partial charge in [-0.25, -0.2) is 0 Å². The van der Waals surface area contributed by atoms with E-state index in [0.717, 1.165) is 18.2 Å². The molecule has 0 bridgehead atoms. The van der Waals surface area contributed by atoms with Crippen molar-refractivity contribution in [1.29, 1.82) is 0 Å². The third kappa shape index (κ3) is 3.74. The second-order valence-corrected chi connectivity index (χ2v) is 3.00. The quantitative estimate of drug-likeness (QED) is 0.466. The average molecular weight is 249 g/mol. The van der Waals surface area contributed by atoms with E-state index in [-0.39, 0.29) is 11.8 Å². The third-order valence-electron chi connectivity index (χ3n) is 1.73. The molecule has 0 aliphatic carbocycles. The zero-order valence-electron chi connectivity index (χ0n) is 8.23. The molecule has 0 amide bonds. The van der Waals surface area contributed by atoms with Crippen molar-refractivity contribution in [3.63, 3.8) is 0 Å². The van der Waals surface area contributed by atoms with Crippen LogP contribution in [0.15, 0.2) is 18.2 Å². The van der Waals surface area contributed by atoms with Crippen LogP contribution in [-0.4, -0.2) is 24.0 Å². The highest BCUT2D eigenvalue weighted by Gasteiger charge is 2.29. The van der Waals surface area contributed by atoms with Gasteiger partial charge >= 0.3 is 6.18 Å². The monoisotopic (exact) mass is 249 g/mol. The Bertz CT molecular complexity index is 444. The molecular weight excluding hydrogens is 243 g/mol. The average Bonchev–Trinajstić information content (AvgIpc) is 2.24. The number of rotatable bonds is 4. The van der Waals surface area contributed by atoms with Gasteiger partial charge in [0.15, 0.2) is 12.9 Å². The molecule has 8 heteroatoms. The Balaban J connectivity index is 2.98. The van der Waals surface area contributed by atoms with Crippen LogP contribution >= 0.6 is 0 Å². The Morgan fingerprint density at radius 3 is 2.53 bits per heavy atom. The van der Waals surface area contributed by atoms with Crippen molar-refractivity contribution in [2.75, 3.05) is 6.61 Å². The number of nitro groups is 1.